The Bertz CT molecular complexity index is 772. The fourth-order valence-corrected chi connectivity index (χ4v) is 3.97. The van der Waals surface area contributed by atoms with Crippen molar-refractivity contribution in [3.63, 3.8) is 0 Å². The molecule has 2 aromatic rings. The second-order valence-electron chi connectivity index (χ2n) is 7.87. The first-order valence-corrected chi connectivity index (χ1v) is 10.1. The number of benzene rings is 2. The summed E-state index contributed by atoms with van der Waals surface area (Å²) in [4.78, 5) is 4.49. The summed E-state index contributed by atoms with van der Waals surface area (Å²) < 4.78 is 44.2. The van der Waals surface area contributed by atoms with Gasteiger partial charge in [0, 0.05) is 32.2 Å². The van der Waals surface area contributed by atoms with Gasteiger partial charge in [-0.15, -0.1) is 0 Å². The molecule has 3 nitrogen and oxygen atoms in total. The lowest BCUT2D eigenvalue weighted by atomic mass is 9.80. The number of halogens is 3. The Morgan fingerprint density at radius 1 is 1.03 bits per heavy atom. The molecule has 29 heavy (non-hydrogen) atoms. The van der Waals surface area contributed by atoms with E-state index < -0.39 is 11.7 Å². The normalized spacial score (nSPS) is 20.5. The minimum atomic E-state index is -4.33. The third kappa shape index (κ3) is 5.44. The Labute approximate surface area is 171 Å². The molecule has 3 rings (SSSR count). The van der Waals surface area contributed by atoms with Crippen LogP contribution in [0.15, 0.2) is 48.5 Å². The van der Waals surface area contributed by atoms with E-state index >= 15 is 0 Å². The number of piperidine rings is 1. The summed E-state index contributed by atoms with van der Waals surface area (Å²) in [5, 5.41) is 0. The number of anilines is 1. The predicted molar refractivity (Wildman–Crippen MR) is 111 cm³/mol. The fourth-order valence-electron chi connectivity index (χ4n) is 3.97. The first kappa shape index (κ1) is 21.5. The summed E-state index contributed by atoms with van der Waals surface area (Å²) in [5.74, 6) is 1.15. The van der Waals surface area contributed by atoms with Gasteiger partial charge in [0.05, 0.1) is 12.2 Å². The number of hydrogen-bond donors (Lipinski definition) is 0. The molecule has 0 aliphatic carbocycles. The van der Waals surface area contributed by atoms with Crippen LogP contribution in [0.5, 0.6) is 5.75 Å². The van der Waals surface area contributed by atoms with Crippen LogP contribution in [0, 0.1) is 5.92 Å². The van der Waals surface area contributed by atoms with E-state index in [9.17, 15) is 13.2 Å². The predicted octanol–water partition coefficient (Wildman–Crippen LogP) is 5.28. The van der Waals surface area contributed by atoms with Gasteiger partial charge in [-0.1, -0.05) is 19.1 Å². The molecule has 0 spiro atoms. The van der Waals surface area contributed by atoms with Crippen LogP contribution in [0.1, 0.15) is 30.4 Å². The van der Waals surface area contributed by atoms with Gasteiger partial charge in [0.1, 0.15) is 5.75 Å². The summed E-state index contributed by atoms with van der Waals surface area (Å²) in [7, 11) is 4.05. The molecule has 2 aromatic carbocycles. The molecule has 1 heterocycles. The van der Waals surface area contributed by atoms with Crippen LogP contribution in [-0.4, -0.2) is 45.2 Å². The van der Waals surface area contributed by atoms with Crippen molar-refractivity contribution < 1.29 is 17.9 Å². The highest BCUT2D eigenvalue weighted by atomic mass is 19.4. The van der Waals surface area contributed by atoms with Crippen molar-refractivity contribution in [3.8, 4) is 5.75 Å². The standard InChI is InChI=1S/C23H29F3N2O/c1-4-28-14-13-22(17-5-9-20(10-6-17)27(2)3)18(15-28)16-29-21-11-7-19(8-12-21)23(24,25)26/h5-12,18,22H,4,13-16H2,1-3H3/t18-,22-/m0/s1. The lowest BCUT2D eigenvalue weighted by molar-refractivity contribution is -0.137. The van der Waals surface area contributed by atoms with E-state index in [1.807, 2.05) is 14.1 Å². The highest BCUT2D eigenvalue weighted by molar-refractivity contribution is 5.46. The first-order valence-electron chi connectivity index (χ1n) is 10.1. The number of rotatable bonds is 6. The molecule has 1 aliphatic heterocycles. The average molecular weight is 406 g/mol. The quantitative estimate of drug-likeness (QED) is 0.650. The molecule has 1 fully saturated rings. The van der Waals surface area contributed by atoms with Gasteiger partial charge in [-0.2, -0.15) is 13.2 Å². The Balaban J connectivity index is 1.70. The number of nitrogens with zero attached hydrogens (tertiary/aromatic N) is 2. The van der Waals surface area contributed by atoms with Gasteiger partial charge >= 0.3 is 6.18 Å². The summed E-state index contributed by atoms with van der Waals surface area (Å²) in [6, 6.07) is 13.6. The van der Waals surface area contributed by atoms with E-state index in [4.69, 9.17) is 4.74 Å². The molecule has 1 saturated heterocycles. The molecule has 0 radical (unpaired) electrons. The Hall–Kier alpha value is -2.21. The number of ether oxygens (including phenoxy) is 1. The lowest BCUT2D eigenvalue weighted by Gasteiger charge is -2.38. The van der Waals surface area contributed by atoms with Crippen molar-refractivity contribution in [2.45, 2.75) is 25.4 Å². The number of alkyl halides is 3. The molecule has 0 saturated carbocycles. The van der Waals surface area contributed by atoms with Crippen LogP contribution in [0.3, 0.4) is 0 Å². The van der Waals surface area contributed by atoms with Crippen LogP contribution in [-0.2, 0) is 6.18 Å². The van der Waals surface area contributed by atoms with Gasteiger partial charge in [-0.3, -0.25) is 0 Å². The van der Waals surface area contributed by atoms with Gasteiger partial charge in [0.25, 0.3) is 0 Å². The van der Waals surface area contributed by atoms with Gasteiger partial charge in [0.15, 0.2) is 0 Å². The van der Waals surface area contributed by atoms with Crippen LogP contribution in [0.4, 0.5) is 18.9 Å². The zero-order valence-electron chi connectivity index (χ0n) is 17.2. The molecular formula is C23H29F3N2O. The minimum absolute atomic E-state index is 0.288. The summed E-state index contributed by atoms with van der Waals surface area (Å²) in [6.45, 7) is 5.61. The van der Waals surface area contributed by atoms with Crippen molar-refractivity contribution in [3.05, 3.63) is 59.7 Å². The maximum Gasteiger partial charge on any atom is 0.416 e. The van der Waals surface area contributed by atoms with Gasteiger partial charge in [0.2, 0.25) is 0 Å². The summed E-state index contributed by atoms with van der Waals surface area (Å²) >= 11 is 0. The maximum absolute atomic E-state index is 12.7. The van der Waals surface area contributed by atoms with Crippen LogP contribution in [0.2, 0.25) is 0 Å². The van der Waals surface area contributed by atoms with Gasteiger partial charge in [-0.05, 0) is 67.4 Å². The molecule has 1 aliphatic rings. The largest absolute Gasteiger partial charge is 0.493 e. The monoisotopic (exact) mass is 406 g/mol. The molecule has 0 N–H and O–H groups in total. The third-order valence-electron chi connectivity index (χ3n) is 5.75. The molecule has 0 amide bonds. The highest BCUT2D eigenvalue weighted by Crippen LogP contribution is 2.35. The summed E-state index contributed by atoms with van der Waals surface area (Å²) in [5.41, 5.74) is 1.81. The molecule has 158 valence electrons. The number of likely N-dealkylation sites (tertiary alicyclic amines) is 1. The lowest BCUT2D eigenvalue weighted by Crippen LogP contribution is -2.41. The van der Waals surface area contributed by atoms with Crippen LogP contribution in [0.25, 0.3) is 0 Å². The molecular weight excluding hydrogens is 377 g/mol. The van der Waals surface area contributed by atoms with Crippen molar-refractivity contribution >= 4 is 5.69 Å². The smallest absolute Gasteiger partial charge is 0.416 e. The SMILES string of the molecule is CCN1CC[C@@H](c2ccc(N(C)C)cc2)[C@H](COc2ccc(C(F)(F)F)cc2)C1. The average Bonchev–Trinajstić information content (AvgIpc) is 2.71. The van der Waals surface area contributed by atoms with Crippen LogP contribution < -0.4 is 9.64 Å². The Morgan fingerprint density at radius 2 is 1.69 bits per heavy atom. The van der Waals surface area contributed by atoms with Crippen molar-refractivity contribution in [1.82, 2.24) is 4.90 Å². The van der Waals surface area contributed by atoms with E-state index in [0.717, 1.165) is 43.9 Å². The molecule has 0 bridgehead atoms. The Morgan fingerprint density at radius 3 is 2.24 bits per heavy atom. The van der Waals surface area contributed by atoms with E-state index in [1.165, 1.54) is 17.7 Å². The van der Waals surface area contributed by atoms with E-state index in [2.05, 4.69) is 41.0 Å². The van der Waals surface area contributed by atoms with Crippen LogP contribution >= 0.6 is 0 Å². The van der Waals surface area contributed by atoms with Crippen molar-refractivity contribution in [2.24, 2.45) is 5.92 Å². The molecule has 6 heteroatoms. The highest BCUT2D eigenvalue weighted by Gasteiger charge is 2.31. The van der Waals surface area contributed by atoms with Crippen molar-refractivity contribution in [2.75, 3.05) is 45.2 Å². The zero-order valence-corrected chi connectivity index (χ0v) is 17.2. The van der Waals surface area contributed by atoms with E-state index in [1.54, 1.807) is 0 Å². The number of hydrogen-bond acceptors (Lipinski definition) is 3. The van der Waals surface area contributed by atoms with E-state index in [0.29, 0.717) is 18.3 Å². The van der Waals surface area contributed by atoms with E-state index in [-0.39, 0.29) is 5.92 Å². The van der Waals surface area contributed by atoms with Gasteiger partial charge in [-0.25, -0.2) is 0 Å². The topological polar surface area (TPSA) is 15.7 Å². The Kier molecular flexibility index (Phi) is 6.73. The fraction of sp³-hybridized carbons (Fsp3) is 0.478. The second-order valence-corrected chi connectivity index (χ2v) is 7.87. The van der Waals surface area contributed by atoms with Crippen molar-refractivity contribution in [1.29, 1.82) is 0 Å². The zero-order chi connectivity index (χ0) is 21.0. The maximum atomic E-state index is 12.7. The molecule has 2 atom stereocenters. The first-order chi connectivity index (χ1) is 13.8. The third-order valence-corrected chi connectivity index (χ3v) is 5.75. The second kappa shape index (κ2) is 9.08. The molecule has 0 unspecified atom stereocenters. The minimum Gasteiger partial charge on any atom is -0.493 e. The summed E-state index contributed by atoms with van der Waals surface area (Å²) in [6.07, 6.45) is -3.27. The molecule has 0 aromatic heterocycles. The van der Waals surface area contributed by atoms with Gasteiger partial charge < -0.3 is 14.5 Å².